The molecule has 0 aromatic heterocycles. The number of rotatable bonds is 5. The molecular formula is C27H27N5O2. The first-order valence-electron chi connectivity index (χ1n) is 11.2. The molecule has 0 radical (unpaired) electrons. The fraction of sp³-hybridized carbons (Fsp3) is 0.222. The van der Waals surface area contributed by atoms with Crippen LogP contribution < -0.4 is 15.5 Å². The second-order valence-electron chi connectivity index (χ2n) is 8.41. The molecule has 172 valence electrons. The predicted molar refractivity (Wildman–Crippen MR) is 135 cm³/mol. The van der Waals surface area contributed by atoms with Crippen molar-refractivity contribution in [2.24, 2.45) is 0 Å². The highest BCUT2D eigenvalue weighted by Gasteiger charge is 2.27. The summed E-state index contributed by atoms with van der Waals surface area (Å²) in [6.07, 6.45) is 0.947. The number of carbonyl (C=O) groups excluding carboxylic acids is 2. The molecule has 7 nitrogen and oxygen atoms in total. The minimum Gasteiger partial charge on any atom is -0.369 e. The van der Waals surface area contributed by atoms with Crippen LogP contribution in [0.2, 0.25) is 0 Å². The lowest BCUT2D eigenvalue weighted by atomic mass is 10.0. The van der Waals surface area contributed by atoms with E-state index in [0.29, 0.717) is 16.9 Å². The summed E-state index contributed by atoms with van der Waals surface area (Å²) in [6.45, 7) is 3.30. The van der Waals surface area contributed by atoms with Crippen molar-refractivity contribution >= 4 is 29.0 Å². The van der Waals surface area contributed by atoms with Gasteiger partial charge in [0.15, 0.2) is 0 Å². The Bertz CT molecular complexity index is 1200. The van der Waals surface area contributed by atoms with Crippen LogP contribution in [0.4, 0.5) is 21.9 Å². The zero-order chi connectivity index (χ0) is 24.1. The van der Waals surface area contributed by atoms with Crippen LogP contribution in [-0.4, -0.2) is 43.0 Å². The molecule has 1 aliphatic rings. The van der Waals surface area contributed by atoms with Crippen molar-refractivity contribution < 1.29 is 9.59 Å². The number of amides is 3. The Morgan fingerprint density at radius 2 is 1.44 bits per heavy atom. The van der Waals surface area contributed by atoms with Gasteiger partial charge in [-0.05, 0) is 66.1 Å². The summed E-state index contributed by atoms with van der Waals surface area (Å²) >= 11 is 0. The topological polar surface area (TPSA) is 88.5 Å². The maximum Gasteiger partial charge on any atom is 0.323 e. The Labute approximate surface area is 199 Å². The van der Waals surface area contributed by atoms with Gasteiger partial charge in [-0.3, -0.25) is 4.79 Å². The van der Waals surface area contributed by atoms with Gasteiger partial charge < -0.3 is 20.4 Å². The van der Waals surface area contributed by atoms with Gasteiger partial charge >= 0.3 is 6.03 Å². The van der Waals surface area contributed by atoms with E-state index in [1.54, 1.807) is 24.0 Å². The third-order valence-electron chi connectivity index (χ3n) is 6.19. The zero-order valence-electron chi connectivity index (χ0n) is 19.3. The van der Waals surface area contributed by atoms with E-state index in [2.05, 4.69) is 21.6 Å². The predicted octanol–water partition coefficient (Wildman–Crippen LogP) is 4.93. The van der Waals surface area contributed by atoms with Crippen molar-refractivity contribution in [3.8, 4) is 17.2 Å². The van der Waals surface area contributed by atoms with Gasteiger partial charge in [-0.1, -0.05) is 24.3 Å². The highest BCUT2D eigenvalue weighted by molar-refractivity contribution is 6.00. The molecule has 1 saturated heterocycles. The van der Waals surface area contributed by atoms with E-state index < -0.39 is 0 Å². The summed E-state index contributed by atoms with van der Waals surface area (Å²) in [5.74, 6) is 0.0845. The van der Waals surface area contributed by atoms with Crippen LogP contribution >= 0.6 is 0 Å². The minimum atomic E-state index is -0.316. The molecule has 0 aliphatic carbocycles. The first kappa shape index (κ1) is 22.9. The van der Waals surface area contributed by atoms with Crippen LogP contribution in [0.1, 0.15) is 18.9 Å². The van der Waals surface area contributed by atoms with E-state index in [9.17, 15) is 9.59 Å². The minimum absolute atomic E-state index is 0.0845. The van der Waals surface area contributed by atoms with Crippen LogP contribution in [0.3, 0.4) is 0 Å². The van der Waals surface area contributed by atoms with Crippen molar-refractivity contribution in [3.05, 3.63) is 78.4 Å². The molecule has 4 rings (SSSR count). The number of anilines is 3. The van der Waals surface area contributed by atoms with Crippen LogP contribution in [0.5, 0.6) is 0 Å². The fourth-order valence-electron chi connectivity index (χ4n) is 4.08. The monoisotopic (exact) mass is 453 g/mol. The Hall–Kier alpha value is -4.31. The Morgan fingerprint density at radius 3 is 1.97 bits per heavy atom. The van der Waals surface area contributed by atoms with Gasteiger partial charge in [0.1, 0.15) is 0 Å². The number of nitrogens with zero attached hydrogens (tertiary/aromatic N) is 3. The molecule has 7 heteroatoms. The SMILES string of the molecule is CC(=O)N(C)C1CCN(c2ccc(NC(=O)Nc3ccc(-c4ccc(C#N)cc4)cc3)cc2)C1. The quantitative estimate of drug-likeness (QED) is 0.574. The van der Waals surface area contributed by atoms with Crippen molar-refractivity contribution in [1.82, 2.24) is 4.90 Å². The number of benzene rings is 3. The molecule has 0 saturated carbocycles. The third-order valence-corrected chi connectivity index (χ3v) is 6.19. The molecule has 1 aliphatic heterocycles. The van der Waals surface area contributed by atoms with E-state index >= 15 is 0 Å². The van der Waals surface area contributed by atoms with Gasteiger partial charge in [0.25, 0.3) is 0 Å². The van der Waals surface area contributed by atoms with Crippen molar-refractivity contribution in [3.63, 3.8) is 0 Å². The van der Waals surface area contributed by atoms with Gasteiger partial charge in [-0.15, -0.1) is 0 Å². The fourth-order valence-corrected chi connectivity index (χ4v) is 4.08. The molecule has 3 aromatic carbocycles. The molecule has 34 heavy (non-hydrogen) atoms. The average molecular weight is 454 g/mol. The largest absolute Gasteiger partial charge is 0.369 e. The number of hydrogen-bond donors (Lipinski definition) is 2. The maximum atomic E-state index is 12.4. The molecule has 1 fully saturated rings. The van der Waals surface area contributed by atoms with E-state index in [-0.39, 0.29) is 18.0 Å². The number of nitriles is 1. The van der Waals surface area contributed by atoms with E-state index in [4.69, 9.17) is 5.26 Å². The molecule has 2 N–H and O–H groups in total. The van der Waals surface area contributed by atoms with Gasteiger partial charge in [-0.25, -0.2) is 4.79 Å². The van der Waals surface area contributed by atoms with Gasteiger partial charge in [0.2, 0.25) is 5.91 Å². The lowest BCUT2D eigenvalue weighted by Gasteiger charge is -2.24. The molecule has 1 heterocycles. The van der Waals surface area contributed by atoms with E-state index in [0.717, 1.165) is 36.3 Å². The number of nitrogens with one attached hydrogen (secondary N) is 2. The average Bonchev–Trinajstić information content (AvgIpc) is 3.35. The molecule has 3 amide bonds. The Morgan fingerprint density at radius 1 is 0.912 bits per heavy atom. The summed E-state index contributed by atoms with van der Waals surface area (Å²) in [6, 6.07) is 24.7. The van der Waals surface area contributed by atoms with E-state index in [1.165, 1.54) is 0 Å². The summed E-state index contributed by atoms with van der Waals surface area (Å²) in [7, 11) is 1.85. The molecule has 1 unspecified atom stereocenters. The van der Waals surface area contributed by atoms with Crippen LogP contribution in [0, 0.1) is 11.3 Å². The zero-order valence-corrected chi connectivity index (χ0v) is 19.3. The van der Waals surface area contributed by atoms with Crippen molar-refractivity contribution in [2.75, 3.05) is 35.7 Å². The molecular weight excluding hydrogens is 426 g/mol. The lowest BCUT2D eigenvalue weighted by Crippen LogP contribution is -2.37. The number of hydrogen-bond acceptors (Lipinski definition) is 4. The first-order chi connectivity index (χ1) is 16.4. The number of likely N-dealkylation sites (N-methyl/N-ethyl adjacent to an activating group) is 1. The third kappa shape index (κ3) is 5.36. The molecule has 3 aromatic rings. The standard InChI is InChI=1S/C27H27N5O2/c1-19(33)31(2)26-15-16-32(18-26)25-13-11-24(12-14-25)30-27(34)29-23-9-7-22(8-10-23)21-5-3-20(17-28)4-6-21/h3-14,26H,15-16,18H2,1-2H3,(H2,29,30,34). The lowest BCUT2D eigenvalue weighted by molar-refractivity contribution is -0.129. The van der Waals surface area contributed by atoms with Crippen LogP contribution in [0.15, 0.2) is 72.8 Å². The smallest absolute Gasteiger partial charge is 0.323 e. The summed E-state index contributed by atoms with van der Waals surface area (Å²) < 4.78 is 0. The van der Waals surface area contributed by atoms with Gasteiger partial charge in [0.05, 0.1) is 17.7 Å². The normalized spacial score (nSPS) is 14.9. The van der Waals surface area contributed by atoms with Crippen molar-refractivity contribution in [1.29, 1.82) is 5.26 Å². The van der Waals surface area contributed by atoms with Gasteiger partial charge in [0, 0.05) is 44.1 Å². The van der Waals surface area contributed by atoms with Crippen molar-refractivity contribution in [2.45, 2.75) is 19.4 Å². The number of carbonyl (C=O) groups is 2. The summed E-state index contributed by atoms with van der Waals surface area (Å²) in [5.41, 5.74) is 5.09. The Balaban J connectivity index is 1.31. The van der Waals surface area contributed by atoms with Crippen LogP contribution in [-0.2, 0) is 4.79 Å². The summed E-state index contributed by atoms with van der Waals surface area (Å²) in [5, 5.41) is 14.6. The second-order valence-corrected chi connectivity index (χ2v) is 8.41. The maximum absolute atomic E-state index is 12.4. The second kappa shape index (κ2) is 10.1. The molecule has 0 bridgehead atoms. The molecule has 1 atom stereocenters. The van der Waals surface area contributed by atoms with Crippen LogP contribution in [0.25, 0.3) is 11.1 Å². The highest BCUT2D eigenvalue weighted by Crippen LogP contribution is 2.25. The first-order valence-corrected chi connectivity index (χ1v) is 11.2. The molecule has 0 spiro atoms. The number of urea groups is 1. The van der Waals surface area contributed by atoms with E-state index in [1.807, 2.05) is 67.7 Å². The highest BCUT2D eigenvalue weighted by atomic mass is 16.2. The summed E-state index contributed by atoms with van der Waals surface area (Å²) in [4.78, 5) is 28.1. The Kier molecular flexibility index (Phi) is 6.79. The van der Waals surface area contributed by atoms with Gasteiger partial charge in [-0.2, -0.15) is 5.26 Å².